The van der Waals surface area contributed by atoms with Gasteiger partial charge < -0.3 is 10.4 Å². The third kappa shape index (κ3) is 2.24. The van der Waals surface area contributed by atoms with Crippen molar-refractivity contribution in [3.05, 3.63) is 64.7 Å². The molecule has 0 bridgehead atoms. The molecule has 2 N–H and O–H groups in total. The molecule has 2 aromatic carbocycles. The van der Waals surface area contributed by atoms with Crippen LogP contribution in [0.1, 0.15) is 53.5 Å². The van der Waals surface area contributed by atoms with Crippen molar-refractivity contribution in [1.29, 1.82) is 0 Å². The summed E-state index contributed by atoms with van der Waals surface area (Å²) in [5.41, 5.74) is 5.86. The molecule has 21 heavy (non-hydrogen) atoms. The molecule has 1 heterocycles. The number of fused-ring (bicyclic) bond motifs is 1. The van der Waals surface area contributed by atoms with E-state index in [1.165, 1.54) is 30.4 Å². The van der Waals surface area contributed by atoms with Crippen LogP contribution in [0.5, 0.6) is 0 Å². The topological polar surface area (TPSA) is 32.3 Å². The van der Waals surface area contributed by atoms with Gasteiger partial charge in [-0.05, 0) is 41.9 Å². The van der Waals surface area contributed by atoms with Crippen LogP contribution in [0.4, 0.5) is 5.69 Å². The molecule has 2 aliphatic rings. The lowest BCUT2D eigenvalue weighted by Crippen LogP contribution is -2.09. The van der Waals surface area contributed by atoms with Gasteiger partial charge in [0.1, 0.15) is 6.10 Å². The second-order valence-corrected chi connectivity index (χ2v) is 6.26. The Morgan fingerprint density at radius 3 is 2.57 bits per heavy atom. The second-order valence-electron chi connectivity index (χ2n) is 6.26. The predicted molar refractivity (Wildman–Crippen MR) is 85.7 cm³/mol. The first-order valence-corrected chi connectivity index (χ1v) is 7.96. The van der Waals surface area contributed by atoms with Crippen molar-refractivity contribution >= 4 is 5.69 Å². The summed E-state index contributed by atoms with van der Waals surface area (Å²) >= 11 is 0. The van der Waals surface area contributed by atoms with Crippen molar-refractivity contribution in [2.45, 2.75) is 37.7 Å². The minimum Gasteiger partial charge on any atom is -0.384 e. The standard InChI is InChI=1S/C19H21NO/c21-19(17-6-2-5-15-11-12-20-18(15)17)16-9-7-14(8-10-16)13-3-1-4-13/h2,5-10,13,19-21H,1,3-4,11-12H2. The van der Waals surface area contributed by atoms with E-state index in [2.05, 4.69) is 35.6 Å². The predicted octanol–water partition coefficient (Wildman–Crippen LogP) is 4.00. The lowest BCUT2D eigenvalue weighted by atomic mass is 9.80. The molecule has 0 spiro atoms. The Hall–Kier alpha value is -1.80. The summed E-state index contributed by atoms with van der Waals surface area (Å²) in [5.74, 6) is 0.749. The average Bonchev–Trinajstić information content (AvgIpc) is 2.94. The van der Waals surface area contributed by atoms with Gasteiger partial charge in [-0.1, -0.05) is 48.9 Å². The van der Waals surface area contributed by atoms with Crippen molar-refractivity contribution in [3.63, 3.8) is 0 Å². The van der Waals surface area contributed by atoms with Crippen LogP contribution in [-0.4, -0.2) is 11.7 Å². The highest BCUT2D eigenvalue weighted by atomic mass is 16.3. The number of anilines is 1. The third-order valence-corrected chi connectivity index (χ3v) is 5.00. The number of aliphatic hydroxyl groups is 1. The van der Waals surface area contributed by atoms with Gasteiger partial charge in [0.15, 0.2) is 0 Å². The van der Waals surface area contributed by atoms with E-state index in [9.17, 15) is 5.11 Å². The molecule has 0 aromatic heterocycles. The molecule has 2 aromatic rings. The molecule has 0 saturated heterocycles. The molecule has 2 heteroatoms. The zero-order chi connectivity index (χ0) is 14.2. The summed E-state index contributed by atoms with van der Waals surface area (Å²) in [6.07, 6.45) is 4.50. The van der Waals surface area contributed by atoms with Crippen LogP contribution in [0, 0.1) is 0 Å². The Labute approximate surface area is 125 Å². The zero-order valence-corrected chi connectivity index (χ0v) is 12.2. The number of aliphatic hydroxyl groups excluding tert-OH is 1. The fourth-order valence-corrected chi connectivity index (χ4v) is 3.47. The molecule has 1 unspecified atom stereocenters. The van der Waals surface area contributed by atoms with Crippen LogP contribution in [0.2, 0.25) is 0 Å². The van der Waals surface area contributed by atoms with Gasteiger partial charge in [-0.25, -0.2) is 0 Å². The number of para-hydroxylation sites is 1. The molecule has 1 fully saturated rings. The van der Waals surface area contributed by atoms with Crippen LogP contribution in [0.15, 0.2) is 42.5 Å². The fraction of sp³-hybridized carbons (Fsp3) is 0.368. The maximum atomic E-state index is 10.7. The van der Waals surface area contributed by atoms with Crippen molar-refractivity contribution < 1.29 is 5.11 Å². The van der Waals surface area contributed by atoms with Crippen LogP contribution in [-0.2, 0) is 6.42 Å². The number of benzene rings is 2. The van der Waals surface area contributed by atoms with Gasteiger partial charge in [0, 0.05) is 17.8 Å². The Balaban J connectivity index is 1.62. The van der Waals surface area contributed by atoms with E-state index in [1.807, 2.05) is 12.1 Å². The summed E-state index contributed by atoms with van der Waals surface area (Å²) in [6, 6.07) is 14.8. The van der Waals surface area contributed by atoms with Gasteiger partial charge in [-0.2, -0.15) is 0 Å². The van der Waals surface area contributed by atoms with E-state index >= 15 is 0 Å². The van der Waals surface area contributed by atoms with Crippen LogP contribution < -0.4 is 5.32 Å². The highest BCUT2D eigenvalue weighted by molar-refractivity contribution is 5.63. The smallest absolute Gasteiger partial charge is 0.106 e. The molecule has 1 atom stereocenters. The summed E-state index contributed by atoms with van der Waals surface area (Å²) in [4.78, 5) is 0. The normalized spacial score (nSPS) is 18.7. The second kappa shape index (κ2) is 5.19. The Morgan fingerprint density at radius 2 is 1.86 bits per heavy atom. The first-order chi connectivity index (χ1) is 10.3. The van der Waals surface area contributed by atoms with Crippen molar-refractivity contribution in [3.8, 4) is 0 Å². The molecule has 108 valence electrons. The molecule has 1 aliphatic carbocycles. The Bertz CT molecular complexity index is 643. The SMILES string of the molecule is OC(c1ccc(C2CCC2)cc1)c1cccc2c1NCC2. The molecule has 0 amide bonds. The summed E-state index contributed by atoms with van der Waals surface area (Å²) in [6.45, 7) is 0.972. The first kappa shape index (κ1) is 12.9. The van der Waals surface area contributed by atoms with E-state index in [4.69, 9.17) is 0 Å². The fourth-order valence-electron chi connectivity index (χ4n) is 3.47. The van der Waals surface area contributed by atoms with Crippen LogP contribution in [0.3, 0.4) is 0 Å². The van der Waals surface area contributed by atoms with E-state index in [1.54, 1.807) is 0 Å². The van der Waals surface area contributed by atoms with Crippen molar-refractivity contribution in [1.82, 2.24) is 0 Å². The maximum absolute atomic E-state index is 10.7. The molecule has 0 radical (unpaired) electrons. The third-order valence-electron chi connectivity index (χ3n) is 5.00. The number of nitrogens with one attached hydrogen (secondary N) is 1. The monoisotopic (exact) mass is 279 g/mol. The highest BCUT2D eigenvalue weighted by Crippen LogP contribution is 2.38. The maximum Gasteiger partial charge on any atom is 0.106 e. The number of hydrogen-bond acceptors (Lipinski definition) is 2. The Kier molecular flexibility index (Phi) is 3.19. The van der Waals surface area contributed by atoms with Crippen LogP contribution in [0.25, 0.3) is 0 Å². The van der Waals surface area contributed by atoms with Crippen molar-refractivity contribution in [2.24, 2.45) is 0 Å². The lowest BCUT2D eigenvalue weighted by Gasteiger charge is -2.26. The van der Waals surface area contributed by atoms with Gasteiger partial charge in [-0.15, -0.1) is 0 Å². The van der Waals surface area contributed by atoms with Gasteiger partial charge in [0.25, 0.3) is 0 Å². The van der Waals surface area contributed by atoms with Gasteiger partial charge >= 0.3 is 0 Å². The molecule has 2 nitrogen and oxygen atoms in total. The summed E-state index contributed by atoms with van der Waals surface area (Å²) < 4.78 is 0. The molecule has 1 aliphatic heterocycles. The minimum atomic E-state index is -0.541. The summed E-state index contributed by atoms with van der Waals surface area (Å²) in [7, 11) is 0. The van der Waals surface area contributed by atoms with E-state index in [0.29, 0.717) is 0 Å². The van der Waals surface area contributed by atoms with Crippen molar-refractivity contribution in [2.75, 3.05) is 11.9 Å². The van der Waals surface area contributed by atoms with Gasteiger partial charge in [0.05, 0.1) is 0 Å². The summed E-state index contributed by atoms with van der Waals surface area (Å²) in [5, 5.41) is 14.1. The molecule has 1 saturated carbocycles. The zero-order valence-electron chi connectivity index (χ0n) is 12.2. The van der Waals surface area contributed by atoms with E-state index in [0.717, 1.165) is 35.7 Å². The quantitative estimate of drug-likeness (QED) is 0.890. The highest BCUT2D eigenvalue weighted by Gasteiger charge is 2.22. The molecular formula is C19H21NO. The lowest BCUT2D eigenvalue weighted by molar-refractivity contribution is 0.221. The first-order valence-electron chi connectivity index (χ1n) is 7.96. The van der Waals surface area contributed by atoms with E-state index in [-0.39, 0.29) is 0 Å². The van der Waals surface area contributed by atoms with Crippen LogP contribution >= 0.6 is 0 Å². The number of hydrogen-bond donors (Lipinski definition) is 2. The van der Waals surface area contributed by atoms with E-state index < -0.39 is 6.10 Å². The van der Waals surface area contributed by atoms with Gasteiger partial charge in [-0.3, -0.25) is 0 Å². The number of rotatable bonds is 3. The largest absolute Gasteiger partial charge is 0.384 e. The minimum absolute atomic E-state index is 0.541. The molecular weight excluding hydrogens is 258 g/mol. The van der Waals surface area contributed by atoms with Gasteiger partial charge in [0.2, 0.25) is 0 Å². The molecule has 4 rings (SSSR count). The Morgan fingerprint density at radius 1 is 1.05 bits per heavy atom. The average molecular weight is 279 g/mol.